The highest BCUT2D eigenvalue weighted by atomic mass is 32.1. The summed E-state index contributed by atoms with van der Waals surface area (Å²) < 4.78 is 2.55. The maximum atomic E-state index is 10.2. The summed E-state index contributed by atoms with van der Waals surface area (Å²) in [6.07, 6.45) is 0. The summed E-state index contributed by atoms with van der Waals surface area (Å²) in [7, 11) is 0. The Morgan fingerprint density at radius 3 is 1.29 bits per heavy atom. The number of thiophene rings is 1. The largest absolute Gasteiger partial charge is 0.192 e. The second kappa shape index (κ2) is 12.5. The summed E-state index contributed by atoms with van der Waals surface area (Å²) in [6.45, 7) is 0. The van der Waals surface area contributed by atoms with Crippen molar-refractivity contribution in [1.29, 1.82) is 5.26 Å². The van der Waals surface area contributed by atoms with Gasteiger partial charge in [0.25, 0.3) is 0 Å². The first-order valence-corrected chi connectivity index (χ1v) is 19.5. The zero-order valence-corrected chi connectivity index (χ0v) is 30.6. The number of nitrogens with zero attached hydrogens (tertiary/aromatic N) is 1. The Labute approximate surface area is 322 Å². The van der Waals surface area contributed by atoms with E-state index >= 15 is 0 Å². The highest BCUT2D eigenvalue weighted by Crippen LogP contribution is 2.51. The van der Waals surface area contributed by atoms with Crippen LogP contribution in [0, 0.1) is 11.3 Å². The summed E-state index contributed by atoms with van der Waals surface area (Å²) in [5.74, 6) is 0. The fourth-order valence-corrected chi connectivity index (χ4v) is 10.3. The van der Waals surface area contributed by atoms with Crippen molar-refractivity contribution in [1.82, 2.24) is 0 Å². The molecule has 0 aliphatic carbocycles. The predicted molar refractivity (Wildman–Crippen MR) is 236 cm³/mol. The van der Waals surface area contributed by atoms with Crippen LogP contribution in [0.4, 0.5) is 0 Å². The molecule has 1 aromatic heterocycles. The van der Waals surface area contributed by atoms with Gasteiger partial charge in [-0.1, -0.05) is 176 Å². The third-order valence-electron chi connectivity index (χ3n) is 11.3. The molecule has 0 saturated heterocycles. The smallest absolute Gasteiger partial charge is 0.0998 e. The van der Waals surface area contributed by atoms with Gasteiger partial charge < -0.3 is 0 Å². The van der Waals surface area contributed by atoms with Crippen LogP contribution in [-0.2, 0) is 0 Å². The van der Waals surface area contributed by atoms with E-state index in [0.29, 0.717) is 5.56 Å². The number of benzene rings is 10. The van der Waals surface area contributed by atoms with Crippen molar-refractivity contribution < 1.29 is 0 Å². The van der Waals surface area contributed by atoms with Crippen molar-refractivity contribution >= 4 is 74.6 Å². The minimum atomic E-state index is 0.682. The Bertz CT molecular complexity index is 3270. The van der Waals surface area contributed by atoms with E-state index in [0.717, 1.165) is 21.9 Å². The molecule has 11 rings (SSSR count). The van der Waals surface area contributed by atoms with Gasteiger partial charge in [0, 0.05) is 31.3 Å². The Morgan fingerprint density at radius 1 is 0.327 bits per heavy atom. The molecule has 0 atom stereocenters. The van der Waals surface area contributed by atoms with E-state index in [1.165, 1.54) is 85.9 Å². The summed E-state index contributed by atoms with van der Waals surface area (Å²) in [4.78, 5) is 0. The molecule has 1 nitrogen and oxygen atoms in total. The maximum absolute atomic E-state index is 10.2. The highest BCUT2D eigenvalue weighted by Gasteiger charge is 2.23. The summed E-state index contributed by atoms with van der Waals surface area (Å²) in [5, 5.41) is 22.4. The molecule has 0 bridgehead atoms. The number of nitriles is 1. The first-order valence-electron chi connectivity index (χ1n) is 18.7. The topological polar surface area (TPSA) is 23.8 Å². The zero-order valence-electron chi connectivity index (χ0n) is 29.8. The lowest BCUT2D eigenvalue weighted by Gasteiger charge is -2.19. The van der Waals surface area contributed by atoms with Crippen LogP contribution >= 0.6 is 11.3 Å². The normalized spacial score (nSPS) is 11.6. The monoisotopic (exact) mass is 713 g/mol. The average Bonchev–Trinajstić information content (AvgIpc) is 3.65. The second-order valence-electron chi connectivity index (χ2n) is 14.2. The van der Waals surface area contributed by atoms with Crippen molar-refractivity contribution in [2.45, 2.75) is 0 Å². The molecule has 0 fully saturated rings. The zero-order chi connectivity index (χ0) is 36.5. The van der Waals surface area contributed by atoms with Crippen molar-refractivity contribution in [3.63, 3.8) is 0 Å². The molecule has 1 heterocycles. The van der Waals surface area contributed by atoms with E-state index < -0.39 is 0 Å². The van der Waals surface area contributed by atoms with Crippen molar-refractivity contribution in [3.05, 3.63) is 194 Å². The van der Waals surface area contributed by atoms with Gasteiger partial charge in [-0.15, -0.1) is 11.3 Å². The molecule has 55 heavy (non-hydrogen) atoms. The van der Waals surface area contributed by atoms with E-state index in [2.05, 4.69) is 176 Å². The molecule has 0 spiro atoms. The Hall–Kier alpha value is -7.05. The number of fused-ring (bicyclic) bond motifs is 7. The van der Waals surface area contributed by atoms with Gasteiger partial charge in [-0.3, -0.25) is 0 Å². The molecule has 10 aromatic carbocycles. The van der Waals surface area contributed by atoms with Crippen molar-refractivity contribution in [2.75, 3.05) is 0 Å². The SMILES string of the molecule is N#Cc1ccccc1-c1c2ccccc2c(-c2cccc3c2sc2cccc(-c4c5ccccc5c(-c5ccccc5)c5ccccc45)c23)c2ccccc12. The lowest BCUT2D eigenvalue weighted by Crippen LogP contribution is -1.92. The number of hydrogen-bond donors (Lipinski definition) is 0. The molecule has 2 heteroatoms. The lowest BCUT2D eigenvalue weighted by molar-refractivity contribution is 1.48. The Kier molecular flexibility index (Phi) is 7.17. The first kappa shape index (κ1) is 31.5. The minimum absolute atomic E-state index is 0.682. The Balaban J connectivity index is 1.24. The van der Waals surface area contributed by atoms with E-state index in [9.17, 15) is 5.26 Å². The summed E-state index contributed by atoms with van der Waals surface area (Å²) in [6, 6.07) is 70.2. The second-order valence-corrected chi connectivity index (χ2v) is 15.2. The van der Waals surface area contributed by atoms with Crippen molar-refractivity contribution in [3.8, 4) is 50.6 Å². The van der Waals surface area contributed by atoms with Gasteiger partial charge in [-0.2, -0.15) is 5.26 Å². The fraction of sp³-hybridized carbons (Fsp3) is 0. The van der Waals surface area contributed by atoms with Gasteiger partial charge in [0.05, 0.1) is 11.6 Å². The van der Waals surface area contributed by atoms with Crippen LogP contribution in [0.2, 0.25) is 0 Å². The first-order chi connectivity index (χ1) is 27.3. The molecule has 254 valence electrons. The van der Waals surface area contributed by atoms with Gasteiger partial charge in [0.15, 0.2) is 0 Å². The van der Waals surface area contributed by atoms with Gasteiger partial charge in [-0.25, -0.2) is 0 Å². The van der Waals surface area contributed by atoms with E-state index in [1.54, 1.807) is 0 Å². The molecule has 11 aromatic rings. The van der Waals surface area contributed by atoms with Gasteiger partial charge >= 0.3 is 0 Å². The highest BCUT2D eigenvalue weighted by molar-refractivity contribution is 7.26. The van der Waals surface area contributed by atoms with Gasteiger partial charge in [0.1, 0.15) is 0 Å². The number of hydrogen-bond acceptors (Lipinski definition) is 2. The molecular weight excluding hydrogens is 683 g/mol. The quantitative estimate of drug-likeness (QED) is 0.167. The minimum Gasteiger partial charge on any atom is -0.192 e. The van der Waals surface area contributed by atoms with Crippen LogP contribution in [0.15, 0.2) is 188 Å². The van der Waals surface area contributed by atoms with Crippen LogP contribution in [0.3, 0.4) is 0 Å². The number of rotatable bonds is 4. The Morgan fingerprint density at radius 2 is 0.727 bits per heavy atom. The molecular formula is C53H31NS. The van der Waals surface area contributed by atoms with E-state index in [-0.39, 0.29) is 0 Å². The van der Waals surface area contributed by atoms with Crippen LogP contribution in [0.25, 0.3) is 108 Å². The third kappa shape index (κ3) is 4.71. The predicted octanol–water partition coefficient (Wildman–Crippen LogP) is 15.2. The fourth-order valence-electron chi connectivity index (χ4n) is 9.09. The molecule has 0 aliphatic heterocycles. The standard InChI is InChI=1S/C53H31NS/c54-32-34-18-4-5-19-35(34)49-40-24-10-12-26-42(40)51(43-27-13-11-25-41(43)49)45-29-14-30-46-52-44(28-15-31-47(52)55-53(45)46)50-38-22-8-6-20-36(38)48(33-16-2-1-3-17-33)37-21-7-9-23-39(37)50/h1-31H. The third-order valence-corrected chi connectivity index (χ3v) is 12.5. The molecule has 0 N–H and O–H groups in total. The van der Waals surface area contributed by atoms with Crippen LogP contribution < -0.4 is 0 Å². The molecule has 0 aliphatic rings. The van der Waals surface area contributed by atoms with Crippen LogP contribution in [-0.4, -0.2) is 0 Å². The summed E-state index contributed by atoms with van der Waals surface area (Å²) in [5.41, 5.74) is 10.2. The molecule has 0 radical (unpaired) electrons. The molecule has 0 unspecified atom stereocenters. The average molecular weight is 714 g/mol. The van der Waals surface area contributed by atoms with E-state index in [4.69, 9.17) is 0 Å². The van der Waals surface area contributed by atoms with Gasteiger partial charge in [0.2, 0.25) is 0 Å². The molecule has 0 amide bonds. The maximum Gasteiger partial charge on any atom is 0.0998 e. The van der Waals surface area contributed by atoms with Crippen LogP contribution in [0.5, 0.6) is 0 Å². The van der Waals surface area contributed by atoms with Crippen molar-refractivity contribution in [2.24, 2.45) is 0 Å². The van der Waals surface area contributed by atoms with E-state index in [1.807, 2.05) is 29.5 Å². The molecule has 0 saturated carbocycles. The van der Waals surface area contributed by atoms with Gasteiger partial charge in [-0.05, 0) is 88.6 Å². The summed E-state index contributed by atoms with van der Waals surface area (Å²) >= 11 is 1.88. The lowest BCUT2D eigenvalue weighted by atomic mass is 9.84. The van der Waals surface area contributed by atoms with Crippen LogP contribution in [0.1, 0.15) is 5.56 Å².